The fourth-order valence-electron chi connectivity index (χ4n) is 1.62. The number of aliphatic hydroxyl groups is 1. The number of aryl methyl sites for hydroxylation is 1. The van der Waals surface area contributed by atoms with Crippen LogP contribution >= 0.6 is 0 Å². The number of rotatable bonds is 6. The summed E-state index contributed by atoms with van der Waals surface area (Å²) in [7, 11) is 0. The average molecular weight is 295 g/mol. The van der Waals surface area contributed by atoms with Gasteiger partial charge in [0.25, 0.3) is 11.5 Å². The van der Waals surface area contributed by atoms with Crippen molar-refractivity contribution >= 4 is 5.91 Å². The summed E-state index contributed by atoms with van der Waals surface area (Å²) in [6.07, 6.45) is 1.13. The molecule has 1 aromatic heterocycles. The number of unbranched alkanes of at least 4 members (excludes halogenated alkanes) is 1. The molecular weight excluding hydrogens is 270 g/mol. The van der Waals surface area contributed by atoms with Crippen molar-refractivity contribution < 1.29 is 9.90 Å². The zero-order chi connectivity index (χ0) is 16.0. The molecule has 1 amide bonds. The lowest BCUT2D eigenvalue weighted by molar-refractivity contribution is 0.0584. The SMILES string of the molecule is CCCCn1nc(C(=O)NCC(O)C(C)(C)C)ccc1=O. The van der Waals surface area contributed by atoms with Gasteiger partial charge in [0.1, 0.15) is 5.69 Å². The van der Waals surface area contributed by atoms with Crippen LogP contribution in [0, 0.1) is 5.41 Å². The van der Waals surface area contributed by atoms with E-state index in [0.29, 0.717) is 6.54 Å². The summed E-state index contributed by atoms with van der Waals surface area (Å²) in [4.78, 5) is 23.6. The second-order valence-corrected chi connectivity index (χ2v) is 6.23. The molecular formula is C15H25N3O3. The molecule has 1 atom stereocenters. The van der Waals surface area contributed by atoms with Gasteiger partial charge in [-0.2, -0.15) is 5.10 Å². The van der Waals surface area contributed by atoms with Crippen LogP contribution < -0.4 is 10.9 Å². The lowest BCUT2D eigenvalue weighted by atomic mass is 9.89. The molecule has 0 aromatic carbocycles. The Kier molecular flexibility index (Phi) is 6.08. The van der Waals surface area contributed by atoms with E-state index in [9.17, 15) is 14.7 Å². The van der Waals surface area contributed by atoms with Crippen molar-refractivity contribution in [2.75, 3.05) is 6.54 Å². The van der Waals surface area contributed by atoms with Crippen molar-refractivity contribution in [3.05, 3.63) is 28.2 Å². The van der Waals surface area contributed by atoms with Gasteiger partial charge in [-0.3, -0.25) is 9.59 Å². The van der Waals surface area contributed by atoms with Crippen molar-refractivity contribution in [3.63, 3.8) is 0 Å². The average Bonchev–Trinajstić information content (AvgIpc) is 2.42. The van der Waals surface area contributed by atoms with Crippen LogP contribution in [0.5, 0.6) is 0 Å². The van der Waals surface area contributed by atoms with Crippen LogP contribution in [-0.4, -0.2) is 33.4 Å². The molecule has 0 aliphatic heterocycles. The van der Waals surface area contributed by atoms with Crippen LogP contribution in [0.4, 0.5) is 0 Å². The van der Waals surface area contributed by atoms with E-state index in [4.69, 9.17) is 0 Å². The van der Waals surface area contributed by atoms with Crippen molar-refractivity contribution in [3.8, 4) is 0 Å². The Morgan fingerprint density at radius 3 is 2.67 bits per heavy atom. The Morgan fingerprint density at radius 2 is 2.10 bits per heavy atom. The maximum atomic E-state index is 12.0. The lowest BCUT2D eigenvalue weighted by Crippen LogP contribution is -2.40. The first-order valence-electron chi connectivity index (χ1n) is 7.30. The quantitative estimate of drug-likeness (QED) is 0.825. The second kappa shape index (κ2) is 7.36. The van der Waals surface area contributed by atoms with Gasteiger partial charge in [0.15, 0.2) is 0 Å². The second-order valence-electron chi connectivity index (χ2n) is 6.23. The minimum Gasteiger partial charge on any atom is -0.391 e. The summed E-state index contributed by atoms with van der Waals surface area (Å²) in [5, 5.41) is 16.6. The van der Waals surface area contributed by atoms with Gasteiger partial charge in [0, 0.05) is 19.2 Å². The van der Waals surface area contributed by atoms with E-state index in [1.54, 1.807) is 0 Å². The van der Waals surface area contributed by atoms with Gasteiger partial charge in [-0.25, -0.2) is 4.68 Å². The summed E-state index contributed by atoms with van der Waals surface area (Å²) in [6, 6.07) is 2.75. The molecule has 0 spiro atoms. The maximum Gasteiger partial charge on any atom is 0.271 e. The highest BCUT2D eigenvalue weighted by Crippen LogP contribution is 2.18. The highest BCUT2D eigenvalue weighted by molar-refractivity contribution is 5.91. The van der Waals surface area contributed by atoms with Gasteiger partial charge in [0.2, 0.25) is 0 Å². The van der Waals surface area contributed by atoms with E-state index in [1.165, 1.54) is 16.8 Å². The fourth-order valence-corrected chi connectivity index (χ4v) is 1.62. The van der Waals surface area contributed by atoms with Crippen LogP contribution in [0.1, 0.15) is 51.0 Å². The minimum absolute atomic E-state index is 0.151. The van der Waals surface area contributed by atoms with E-state index < -0.39 is 6.10 Å². The van der Waals surface area contributed by atoms with Crippen molar-refractivity contribution in [1.82, 2.24) is 15.1 Å². The number of carbonyl (C=O) groups excluding carboxylic acids is 1. The van der Waals surface area contributed by atoms with E-state index >= 15 is 0 Å². The first-order chi connectivity index (χ1) is 9.75. The molecule has 1 aromatic rings. The van der Waals surface area contributed by atoms with Gasteiger partial charge < -0.3 is 10.4 Å². The molecule has 0 saturated heterocycles. The molecule has 0 bridgehead atoms. The normalized spacial score (nSPS) is 13.0. The molecule has 6 heteroatoms. The molecule has 1 heterocycles. The molecule has 0 aliphatic carbocycles. The summed E-state index contributed by atoms with van der Waals surface area (Å²) < 4.78 is 1.30. The van der Waals surface area contributed by atoms with E-state index in [-0.39, 0.29) is 29.1 Å². The molecule has 1 unspecified atom stereocenters. The van der Waals surface area contributed by atoms with E-state index in [1.807, 2.05) is 27.7 Å². The van der Waals surface area contributed by atoms with Gasteiger partial charge in [-0.15, -0.1) is 0 Å². The maximum absolute atomic E-state index is 12.0. The smallest absolute Gasteiger partial charge is 0.271 e. The summed E-state index contributed by atoms with van der Waals surface area (Å²) >= 11 is 0. The predicted octanol–water partition coefficient (Wildman–Crippen LogP) is 1.18. The van der Waals surface area contributed by atoms with Gasteiger partial charge >= 0.3 is 0 Å². The first kappa shape index (κ1) is 17.4. The standard InChI is InChI=1S/C15H25N3O3/c1-5-6-9-18-13(20)8-7-11(17-18)14(21)16-10-12(19)15(2,3)4/h7-8,12,19H,5-6,9-10H2,1-4H3,(H,16,21). The summed E-state index contributed by atoms with van der Waals surface area (Å²) in [5.41, 5.74) is -0.331. The zero-order valence-electron chi connectivity index (χ0n) is 13.2. The Bertz CT molecular complexity index is 532. The van der Waals surface area contributed by atoms with Crippen molar-refractivity contribution in [2.24, 2.45) is 5.41 Å². The van der Waals surface area contributed by atoms with E-state index in [2.05, 4.69) is 10.4 Å². The third-order valence-corrected chi connectivity index (χ3v) is 3.28. The zero-order valence-corrected chi connectivity index (χ0v) is 13.2. The number of aliphatic hydroxyl groups excluding tert-OH is 1. The third-order valence-electron chi connectivity index (χ3n) is 3.28. The minimum atomic E-state index is -0.646. The molecule has 6 nitrogen and oxygen atoms in total. The Labute approximate surface area is 125 Å². The molecule has 118 valence electrons. The largest absolute Gasteiger partial charge is 0.391 e. The number of amides is 1. The van der Waals surface area contributed by atoms with Crippen LogP contribution in [-0.2, 0) is 6.54 Å². The molecule has 0 radical (unpaired) electrons. The first-order valence-corrected chi connectivity index (χ1v) is 7.30. The monoisotopic (exact) mass is 295 g/mol. The van der Waals surface area contributed by atoms with Gasteiger partial charge in [-0.1, -0.05) is 34.1 Å². The molecule has 21 heavy (non-hydrogen) atoms. The Balaban J connectivity index is 2.72. The van der Waals surface area contributed by atoms with Crippen molar-refractivity contribution in [1.29, 1.82) is 0 Å². The van der Waals surface area contributed by atoms with E-state index in [0.717, 1.165) is 12.8 Å². The number of nitrogens with zero attached hydrogens (tertiary/aromatic N) is 2. The number of carbonyl (C=O) groups is 1. The van der Waals surface area contributed by atoms with Crippen molar-refractivity contribution in [2.45, 2.75) is 53.2 Å². The van der Waals surface area contributed by atoms with Gasteiger partial charge in [-0.05, 0) is 17.9 Å². The fraction of sp³-hybridized carbons (Fsp3) is 0.667. The molecule has 2 N–H and O–H groups in total. The Hall–Kier alpha value is -1.69. The van der Waals surface area contributed by atoms with Crippen LogP contribution in [0.25, 0.3) is 0 Å². The highest BCUT2D eigenvalue weighted by Gasteiger charge is 2.22. The summed E-state index contributed by atoms with van der Waals surface area (Å²) in [5.74, 6) is -0.386. The summed E-state index contributed by atoms with van der Waals surface area (Å²) in [6.45, 7) is 8.36. The van der Waals surface area contributed by atoms with Crippen LogP contribution in [0.2, 0.25) is 0 Å². The number of nitrogens with one attached hydrogen (secondary N) is 1. The molecule has 0 saturated carbocycles. The van der Waals surface area contributed by atoms with Crippen LogP contribution in [0.3, 0.4) is 0 Å². The van der Waals surface area contributed by atoms with Gasteiger partial charge in [0.05, 0.1) is 6.10 Å². The predicted molar refractivity (Wildman–Crippen MR) is 81.2 cm³/mol. The lowest BCUT2D eigenvalue weighted by Gasteiger charge is -2.25. The van der Waals surface area contributed by atoms with Crippen LogP contribution in [0.15, 0.2) is 16.9 Å². The highest BCUT2D eigenvalue weighted by atomic mass is 16.3. The number of aromatic nitrogens is 2. The Morgan fingerprint density at radius 1 is 1.43 bits per heavy atom. The molecule has 0 fully saturated rings. The molecule has 0 aliphatic rings. The number of hydrogen-bond donors (Lipinski definition) is 2. The molecule has 1 rings (SSSR count). The third kappa shape index (κ3) is 5.30. The topological polar surface area (TPSA) is 84.2 Å². The number of hydrogen-bond acceptors (Lipinski definition) is 4.